The predicted molar refractivity (Wildman–Crippen MR) is 156 cm³/mol. The fourth-order valence-corrected chi connectivity index (χ4v) is 7.58. The molecular formula is C30H65NO3Si. The largest absolute Gasteiger partial charge is 0.500 e. The van der Waals surface area contributed by atoms with Gasteiger partial charge < -0.3 is 18.2 Å². The third-order valence-electron chi connectivity index (χ3n) is 7.05. The SMILES string of the molecule is CCCCCCCCCCCCCCCCCCN(CCC[Si](OCC)(OCC)OCC)C(C)C. The Morgan fingerprint density at radius 3 is 1.17 bits per heavy atom. The van der Waals surface area contributed by atoms with Crippen LogP contribution in [-0.4, -0.2) is 52.7 Å². The monoisotopic (exact) mass is 515 g/mol. The van der Waals surface area contributed by atoms with Crippen LogP contribution in [-0.2, 0) is 13.3 Å². The molecule has 0 rings (SSSR count). The van der Waals surface area contributed by atoms with Crippen molar-refractivity contribution in [2.75, 3.05) is 32.9 Å². The van der Waals surface area contributed by atoms with Gasteiger partial charge in [-0.3, -0.25) is 0 Å². The summed E-state index contributed by atoms with van der Waals surface area (Å²) in [6.45, 7) is 17.4. The lowest BCUT2D eigenvalue weighted by atomic mass is 10.0. The molecule has 0 heterocycles. The first-order valence-electron chi connectivity index (χ1n) is 15.7. The molecule has 0 aliphatic heterocycles. The molecule has 0 aliphatic carbocycles. The summed E-state index contributed by atoms with van der Waals surface area (Å²) < 4.78 is 18.1. The molecule has 0 N–H and O–H groups in total. The Bertz CT molecular complexity index is 405. The van der Waals surface area contributed by atoms with E-state index in [1.165, 1.54) is 109 Å². The number of rotatable bonds is 28. The van der Waals surface area contributed by atoms with E-state index >= 15 is 0 Å². The van der Waals surface area contributed by atoms with Crippen molar-refractivity contribution in [3.8, 4) is 0 Å². The summed E-state index contributed by atoms with van der Waals surface area (Å²) in [5.41, 5.74) is 0. The molecule has 0 aromatic heterocycles. The van der Waals surface area contributed by atoms with E-state index in [4.69, 9.17) is 13.3 Å². The molecule has 0 saturated heterocycles. The number of hydrogen-bond acceptors (Lipinski definition) is 4. The topological polar surface area (TPSA) is 30.9 Å². The standard InChI is InChI=1S/C30H65NO3Si/c1-7-11-12-13-14-15-16-17-18-19-20-21-22-23-24-25-27-31(30(5)6)28-26-29-35(32-8-2,33-9-3)34-10-4/h30H,7-29H2,1-6H3. The number of unbranched alkanes of at least 4 members (excludes halogenated alkanes) is 15. The van der Waals surface area contributed by atoms with Gasteiger partial charge in [0.15, 0.2) is 0 Å². The highest BCUT2D eigenvalue weighted by Gasteiger charge is 2.39. The summed E-state index contributed by atoms with van der Waals surface area (Å²) in [6.07, 6.45) is 23.9. The molecule has 35 heavy (non-hydrogen) atoms. The second-order valence-electron chi connectivity index (χ2n) is 10.5. The zero-order valence-electron chi connectivity index (χ0n) is 25.0. The average molecular weight is 516 g/mol. The minimum Gasteiger partial charge on any atom is -0.374 e. The predicted octanol–water partition coefficient (Wildman–Crippen LogP) is 9.40. The van der Waals surface area contributed by atoms with Crippen molar-refractivity contribution >= 4 is 8.80 Å². The van der Waals surface area contributed by atoms with E-state index in [1.807, 2.05) is 20.8 Å². The van der Waals surface area contributed by atoms with Gasteiger partial charge in [-0.15, -0.1) is 0 Å². The quantitative estimate of drug-likeness (QED) is 0.0767. The molecule has 0 fully saturated rings. The molecule has 0 amide bonds. The summed E-state index contributed by atoms with van der Waals surface area (Å²) in [5, 5.41) is 0. The third-order valence-corrected chi connectivity index (χ3v) is 10.2. The molecule has 0 unspecified atom stereocenters. The maximum atomic E-state index is 6.02. The van der Waals surface area contributed by atoms with Gasteiger partial charge in [0.25, 0.3) is 0 Å². The molecule has 212 valence electrons. The first-order chi connectivity index (χ1) is 17.0. The van der Waals surface area contributed by atoms with Crippen LogP contribution in [0.25, 0.3) is 0 Å². The minimum absolute atomic E-state index is 0.591. The second kappa shape index (κ2) is 25.7. The van der Waals surface area contributed by atoms with Crippen LogP contribution in [0.4, 0.5) is 0 Å². The van der Waals surface area contributed by atoms with Crippen LogP contribution in [0.2, 0.25) is 6.04 Å². The van der Waals surface area contributed by atoms with Crippen LogP contribution >= 0.6 is 0 Å². The van der Waals surface area contributed by atoms with E-state index in [-0.39, 0.29) is 0 Å². The molecule has 0 saturated carbocycles. The van der Waals surface area contributed by atoms with Crippen molar-refractivity contribution in [2.45, 2.75) is 163 Å². The minimum atomic E-state index is -2.50. The van der Waals surface area contributed by atoms with Crippen molar-refractivity contribution < 1.29 is 13.3 Å². The first-order valence-corrected chi connectivity index (χ1v) is 17.6. The fourth-order valence-electron chi connectivity index (χ4n) is 4.99. The Morgan fingerprint density at radius 1 is 0.486 bits per heavy atom. The van der Waals surface area contributed by atoms with Gasteiger partial charge in [0, 0.05) is 31.9 Å². The van der Waals surface area contributed by atoms with Gasteiger partial charge in [-0.2, -0.15) is 0 Å². The number of nitrogens with zero attached hydrogens (tertiary/aromatic N) is 1. The van der Waals surface area contributed by atoms with Gasteiger partial charge in [0.05, 0.1) is 0 Å². The Balaban J connectivity index is 3.79. The Labute approximate surface area is 222 Å². The van der Waals surface area contributed by atoms with E-state index in [1.54, 1.807) is 0 Å². The van der Waals surface area contributed by atoms with Crippen LogP contribution in [0.15, 0.2) is 0 Å². The molecule has 0 aromatic rings. The van der Waals surface area contributed by atoms with Gasteiger partial charge in [-0.05, 0) is 60.5 Å². The Morgan fingerprint density at radius 2 is 0.829 bits per heavy atom. The van der Waals surface area contributed by atoms with Crippen LogP contribution in [0.3, 0.4) is 0 Å². The molecular weight excluding hydrogens is 450 g/mol. The summed E-state index contributed by atoms with van der Waals surface area (Å²) in [5.74, 6) is 0. The van der Waals surface area contributed by atoms with E-state index in [9.17, 15) is 0 Å². The van der Waals surface area contributed by atoms with E-state index in [0.29, 0.717) is 25.9 Å². The van der Waals surface area contributed by atoms with Gasteiger partial charge in [0.1, 0.15) is 0 Å². The molecule has 4 nitrogen and oxygen atoms in total. The first kappa shape index (κ1) is 35.1. The molecule has 0 radical (unpaired) electrons. The van der Waals surface area contributed by atoms with Gasteiger partial charge in [-0.25, -0.2) is 0 Å². The Hall–Kier alpha value is 0.0569. The van der Waals surface area contributed by atoms with Gasteiger partial charge >= 0.3 is 8.80 Å². The van der Waals surface area contributed by atoms with Crippen LogP contribution < -0.4 is 0 Å². The van der Waals surface area contributed by atoms with E-state index in [0.717, 1.165) is 19.0 Å². The second-order valence-corrected chi connectivity index (χ2v) is 13.3. The zero-order valence-corrected chi connectivity index (χ0v) is 26.0. The lowest BCUT2D eigenvalue weighted by Crippen LogP contribution is -2.46. The van der Waals surface area contributed by atoms with Crippen LogP contribution in [0.1, 0.15) is 151 Å². The van der Waals surface area contributed by atoms with Gasteiger partial charge in [-0.1, -0.05) is 103 Å². The number of hydrogen-bond donors (Lipinski definition) is 0. The third kappa shape index (κ3) is 20.8. The molecule has 0 atom stereocenters. The molecule has 5 heteroatoms. The van der Waals surface area contributed by atoms with Crippen molar-refractivity contribution in [1.82, 2.24) is 4.90 Å². The van der Waals surface area contributed by atoms with Crippen LogP contribution in [0, 0.1) is 0 Å². The van der Waals surface area contributed by atoms with Gasteiger partial charge in [0.2, 0.25) is 0 Å². The molecule has 0 aromatic carbocycles. The zero-order chi connectivity index (χ0) is 26.0. The molecule has 0 aliphatic rings. The lowest BCUT2D eigenvalue weighted by molar-refractivity contribution is 0.0694. The van der Waals surface area contributed by atoms with Crippen LogP contribution in [0.5, 0.6) is 0 Å². The highest BCUT2D eigenvalue weighted by Crippen LogP contribution is 2.19. The smallest absolute Gasteiger partial charge is 0.374 e. The fraction of sp³-hybridized carbons (Fsp3) is 1.00. The Kier molecular flexibility index (Phi) is 25.7. The highest BCUT2D eigenvalue weighted by atomic mass is 28.4. The lowest BCUT2D eigenvalue weighted by Gasteiger charge is -2.31. The average Bonchev–Trinajstić information content (AvgIpc) is 2.83. The summed E-state index contributed by atoms with van der Waals surface area (Å²) in [7, 11) is -2.50. The molecule has 0 spiro atoms. The summed E-state index contributed by atoms with van der Waals surface area (Å²) >= 11 is 0. The maximum absolute atomic E-state index is 6.02. The normalized spacial score (nSPS) is 12.3. The van der Waals surface area contributed by atoms with Crippen molar-refractivity contribution in [2.24, 2.45) is 0 Å². The maximum Gasteiger partial charge on any atom is 0.500 e. The summed E-state index contributed by atoms with van der Waals surface area (Å²) in [6, 6.07) is 1.51. The van der Waals surface area contributed by atoms with E-state index < -0.39 is 8.80 Å². The van der Waals surface area contributed by atoms with Crippen molar-refractivity contribution in [3.63, 3.8) is 0 Å². The molecule has 0 bridgehead atoms. The van der Waals surface area contributed by atoms with Crippen molar-refractivity contribution in [3.05, 3.63) is 0 Å². The highest BCUT2D eigenvalue weighted by molar-refractivity contribution is 6.60. The summed E-state index contributed by atoms with van der Waals surface area (Å²) in [4.78, 5) is 2.63. The van der Waals surface area contributed by atoms with E-state index in [2.05, 4.69) is 25.7 Å². The van der Waals surface area contributed by atoms with Crippen molar-refractivity contribution in [1.29, 1.82) is 0 Å².